The molecule has 0 amide bonds. The Morgan fingerprint density at radius 3 is 3.00 bits per heavy atom. The van der Waals surface area contributed by atoms with Crippen LogP contribution in [0.2, 0.25) is 5.15 Å². The number of halogens is 1. The van der Waals surface area contributed by atoms with E-state index >= 15 is 0 Å². The predicted molar refractivity (Wildman–Crippen MR) is 69.9 cm³/mol. The maximum absolute atomic E-state index is 12.3. The van der Waals surface area contributed by atoms with Crippen molar-refractivity contribution < 1.29 is 8.42 Å². The molecule has 2 heterocycles. The Kier molecular flexibility index (Phi) is 3.97. The molecule has 4 nitrogen and oxygen atoms in total. The number of aromatic nitrogens is 1. The average Bonchev–Trinajstić information content (AvgIpc) is 2.29. The van der Waals surface area contributed by atoms with Gasteiger partial charge in [0.25, 0.3) is 0 Å². The number of rotatable bonds is 2. The van der Waals surface area contributed by atoms with Gasteiger partial charge in [-0.2, -0.15) is 16.1 Å². The van der Waals surface area contributed by atoms with Crippen LogP contribution in [-0.2, 0) is 10.0 Å². The first-order valence-electron chi connectivity index (χ1n) is 5.23. The summed E-state index contributed by atoms with van der Waals surface area (Å²) >= 11 is 7.51. The predicted octanol–water partition coefficient (Wildman–Crippen LogP) is 1.86. The Balaban J connectivity index is 2.29. The van der Waals surface area contributed by atoms with Crippen LogP contribution in [0.3, 0.4) is 0 Å². The van der Waals surface area contributed by atoms with E-state index in [0.29, 0.717) is 18.3 Å². The van der Waals surface area contributed by atoms with Crippen LogP contribution in [0.4, 0.5) is 0 Å². The summed E-state index contributed by atoms with van der Waals surface area (Å²) in [6, 6.07) is 2.87. The lowest BCUT2D eigenvalue weighted by Gasteiger charge is -2.29. The van der Waals surface area contributed by atoms with E-state index in [4.69, 9.17) is 11.6 Å². The molecule has 17 heavy (non-hydrogen) atoms. The topological polar surface area (TPSA) is 50.3 Å². The summed E-state index contributed by atoms with van der Waals surface area (Å²) in [6.45, 7) is 3.14. The van der Waals surface area contributed by atoms with Gasteiger partial charge in [-0.1, -0.05) is 18.5 Å². The third-order valence-electron chi connectivity index (χ3n) is 2.54. The summed E-state index contributed by atoms with van der Waals surface area (Å²) in [5.41, 5.74) is 0. The Morgan fingerprint density at radius 1 is 1.59 bits per heavy atom. The van der Waals surface area contributed by atoms with Crippen molar-refractivity contribution in [1.82, 2.24) is 9.29 Å². The summed E-state index contributed by atoms with van der Waals surface area (Å²) in [6.07, 6.45) is 1.41. The number of hydrogen-bond donors (Lipinski definition) is 0. The largest absolute Gasteiger partial charge is 0.244 e. The molecular formula is C10H13ClN2O2S2. The first-order valence-corrected chi connectivity index (χ1v) is 8.10. The van der Waals surface area contributed by atoms with E-state index in [2.05, 4.69) is 4.98 Å². The third kappa shape index (κ3) is 2.93. The quantitative estimate of drug-likeness (QED) is 0.781. The molecule has 1 atom stereocenters. The van der Waals surface area contributed by atoms with Crippen molar-refractivity contribution in [2.45, 2.75) is 17.1 Å². The highest BCUT2D eigenvalue weighted by atomic mass is 35.5. The Morgan fingerprint density at radius 2 is 2.35 bits per heavy atom. The van der Waals surface area contributed by atoms with Gasteiger partial charge in [0.15, 0.2) is 0 Å². The van der Waals surface area contributed by atoms with Crippen LogP contribution in [-0.4, -0.2) is 41.8 Å². The minimum Gasteiger partial charge on any atom is -0.244 e. The maximum atomic E-state index is 12.3. The van der Waals surface area contributed by atoms with Gasteiger partial charge >= 0.3 is 0 Å². The molecule has 0 spiro atoms. The van der Waals surface area contributed by atoms with Crippen LogP contribution in [0.1, 0.15) is 6.92 Å². The van der Waals surface area contributed by atoms with Crippen molar-refractivity contribution >= 4 is 33.4 Å². The SMILES string of the molecule is CC1CN(S(=O)(=O)c2ccnc(Cl)c2)CCS1. The molecule has 2 rings (SSSR count). The fraction of sp³-hybridized carbons (Fsp3) is 0.500. The van der Waals surface area contributed by atoms with Crippen LogP contribution >= 0.6 is 23.4 Å². The standard InChI is InChI=1S/C10H13ClN2O2S2/c1-8-7-13(4-5-16-8)17(14,15)9-2-3-12-10(11)6-9/h2-3,6,8H,4-5,7H2,1H3. The number of nitrogens with zero attached hydrogens (tertiary/aromatic N) is 2. The third-order valence-corrected chi connectivity index (χ3v) is 5.74. The zero-order valence-electron chi connectivity index (χ0n) is 9.34. The molecule has 1 saturated heterocycles. The second kappa shape index (κ2) is 5.14. The van der Waals surface area contributed by atoms with Gasteiger partial charge in [-0.05, 0) is 12.1 Å². The van der Waals surface area contributed by atoms with E-state index in [1.54, 1.807) is 11.8 Å². The monoisotopic (exact) mass is 292 g/mol. The Hall–Kier alpha value is -0.300. The second-order valence-corrected chi connectivity index (χ2v) is 7.73. The molecule has 1 aromatic heterocycles. The zero-order chi connectivity index (χ0) is 12.5. The highest BCUT2D eigenvalue weighted by Gasteiger charge is 2.29. The average molecular weight is 293 g/mol. The van der Waals surface area contributed by atoms with Crippen LogP contribution < -0.4 is 0 Å². The summed E-state index contributed by atoms with van der Waals surface area (Å²) < 4.78 is 26.1. The molecule has 1 aliphatic rings. The molecule has 0 aliphatic carbocycles. The molecule has 94 valence electrons. The Labute approximate surface area is 110 Å². The van der Waals surface area contributed by atoms with E-state index in [9.17, 15) is 8.42 Å². The number of thioether (sulfide) groups is 1. The van der Waals surface area contributed by atoms with Crippen molar-refractivity contribution in [3.8, 4) is 0 Å². The smallest absolute Gasteiger partial charge is 0.243 e. The van der Waals surface area contributed by atoms with E-state index < -0.39 is 10.0 Å². The van der Waals surface area contributed by atoms with Gasteiger partial charge in [-0.25, -0.2) is 13.4 Å². The molecule has 1 aliphatic heterocycles. The van der Waals surface area contributed by atoms with Crippen molar-refractivity contribution in [3.05, 3.63) is 23.5 Å². The summed E-state index contributed by atoms with van der Waals surface area (Å²) in [5, 5.41) is 0.529. The highest BCUT2D eigenvalue weighted by molar-refractivity contribution is 8.00. The fourth-order valence-electron chi connectivity index (χ4n) is 1.70. The molecule has 0 aromatic carbocycles. The fourth-order valence-corrected chi connectivity index (χ4v) is 4.70. The Bertz CT molecular complexity index is 507. The second-order valence-electron chi connectivity index (χ2n) is 3.86. The summed E-state index contributed by atoms with van der Waals surface area (Å²) in [5.74, 6) is 0.833. The number of hydrogen-bond acceptors (Lipinski definition) is 4. The molecule has 1 fully saturated rings. The molecule has 0 bridgehead atoms. The summed E-state index contributed by atoms with van der Waals surface area (Å²) in [4.78, 5) is 4.01. The zero-order valence-corrected chi connectivity index (χ0v) is 11.7. The van der Waals surface area contributed by atoms with E-state index in [-0.39, 0.29) is 10.0 Å². The highest BCUT2D eigenvalue weighted by Crippen LogP contribution is 2.24. The van der Waals surface area contributed by atoms with Gasteiger partial charge in [0, 0.05) is 30.3 Å². The molecule has 0 saturated carbocycles. The van der Waals surface area contributed by atoms with Crippen LogP contribution in [0, 0.1) is 0 Å². The van der Waals surface area contributed by atoms with E-state index in [0.717, 1.165) is 5.75 Å². The molecule has 1 aromatic rings. The van der Waals surface area contributed by atoms with Gasteiger partial charge in [0.05, 0.1) is 4.90 Å². The molecule has 0 N–H and O–H groups in total. The van der Waals surface area contributed by atoms with Crippen molar-refractivity contribution in [2.75, 3.05) is 18.8 Å². The lowest BCUT2D eigenvalue weighted by atomic mass is 10.4. The normalized spacial score (nSPS) is 22.6. The van der Waals surface area contributed by atoms with Crippen molar-refractivity contribution in [2.24, 2.45) is 0 Å². The number of pyridine rings is 1. The van der Waals surface area contributed by atoms with E-state index in [1.807, 2.05) is 6.92 Å². The van der Waals surface area contributed by atoms with Crippen molar-refractivity contribution in [3.63, 3.8) is 0 Å². The lowest BCUT2D eigenvalue weighted by molar-refractivity contribution is 0.424. The van der Waals surface area contributed by atoms with Gasteiger partial charge in [-0.15, -0.1) is 0 Å². The molecule has 7 heteroatoms. The van der Waals surface area contributed by atoms with Gasteiger partial charge in [-0.3, -0.25) is 0 Å². The minimum absolute atomic E-state index is 0.200. The van der Waals surface area contributed by atoms with Gasteiger partial charge < -0.3 is 0 Å². The lowest BCUT2D eigenvalue weighted by Crippen LogP contribution is -2.40. The summed E-state index contributed by atoms with van der Waals surface area (Å²) in [7, 11) is -3.42. The first kappa shape index (κ1) is 13.1. The molecule has 0 radical (unpaired) electrons. The minimum atomic E-state index is -3.42. The van der Waals surface area contributed by atoms with Gasteiger partial charge in [0.2, 0.25) is 10.0 Å². The van der Waals surface area contributed by atoms with Crippen LogP contribution in [0.15, 0.2) is 23.2 Å². The van der Waals surface area contributed by atoms with E-state index in [1.165, 1.54) is 22.6 Å². The van der Waals surface area contributed by atoms with Gasteiger partial charge in [0.1, 0.15) is 5.15 Å². The maximum Gasteiger partial charge on any atom is 0.243 e. The van der Waals surface area contributed by atoms with Crippen molar-refractivity contribution in [1.29, 1.82) is 0 Å². The first-order chi connectivity index (χ1) is 8.00. The van der Waals surface area contributed by atoms with Crippen LogP contribution in [0.5, 0.6) is 0 Å². The number of sulfonamides is 1. The molecular weight excluding hydrogens is 280 g/mol. The molecule has 1 unspecified atom stereocenters. The van der Waals surface area contributed by atoms with Crippen LogP contribution in [0.25, 0.3) is 0 Å².